The number of carbonyl (C=O) groups is 1. The van der Waals surface area contributed by atoms with E-state index in [1.54, 1.807) is 4.90 Å². The Morgan fingerprint density at radius 2 is 1.80 bits per heavy atom. The van der Waals surface area contributed by atoms with Gasteiger partial charge in [-0.15, -0.1) is 0 Å². The van der Waals surface area contributed by atoms with E-state index in [2.05, 4.69) is 47.1 Å². The largest absolute Gasteiger partial charge is 0.341 e. The monoisotopic (exact) mass is 331 g/mol. The van der Waals surface area contributed by atoms with Gasteiger partial charge in [0.25, 0.3) is 0 Å². The van der Waals surface area contributed by atoms with E-state index in [0.717, 1.165) is 15.6 Å². The van der Waals surface area contributed by atoms with Crippen LogP contribution in [0.4, 0.5) is 0 Å². The summed E-state index contributed by atoms with van der Waals surface area (Å²) in [6, 6.07) is 16.1. The van der Waals surface area contributed by atoms with Gasteiger partial charge in [-0.25, -0.2) is 0 Å². The maximum absolute atomic E-state index is 12.2. The summed E-state index contributed by atoms with van der Waals surface area (Å²) in [5, 5.41) is 0. The molecule has 0 spiro atoms. The first-order chi connectivity index (χ1) is 9.54. The number of rotatable bonds is 4. The van der Waals surface area contributed by atoms with Gasteiger partial charge in [0.15, 0.2) is 0 Å². The molecule has 1 amide bonds. The molecule has 20 heavy (non-hydrogen) atoms. The molecule has 0 atom stereocenters. The van der Waals surface area contributed by atoms with E-state index in [1.165, 1.54) is 5.56 Å². The minimum absolute atomic E-state index is 0.128. The molecule has 0 radical (unpaired) electrons. The highest BCUT2D eigenvalue weighted by atomic mass is 79.9. The van der Waals surface area contributed by atoms with E-state index >= 15 is 0 Å². The summed E-state index contributed by atoms with van der Waals surface area (Å²) < 4.78 is 1.00. The number of halogens is 1. The summed E-state index contributed by atoms with van der Waals surface area (Å²) in [5.74, 6) is 0.128. The van der Waals surface area contributed by atoms with Gasteiger partial charge < -0.3 is 4.90 Å². The molecule has 0 unspecified atom stereocenters. The fourth-order valence-corrected chi connectivity index (χ4v) is 2.46. The number of benzene rings is 2. The van der Waals surface area contributed by atoms with Gasteiger partial charge in [-0.1, -0.05) is 57.9 Å². The van der Waals surface area contributed by atoms with Crippen molar-refractivity contribution in [3.63, 3.8) is 0 Å². The minimum atomic E-state index is 0.128. The average molecular weight is 332 g/mol. The predicted octanol–water partition coefficient (Wildman–Crippen LogP) is 3.96. The predicted molar refractivity (Wildman–Crippen MR) is 85.5 cm³/mol. The van der Waals surface area contributed by atoms with Crippen LogP contribution in [0.25, 0.3) is 0 Å². The first-order valence-corrected chi connectivity index (χ1v) is 7.38. The third-order valence-corrected chi connectivity index (χ3v) is 3.70. The van der Waals surface area contributed by atoms with Crippen LogP contribution in [0.3, 0.4) is 0 Å². The van der Waals surface area contributed by atoms with E-state index < -0.39 is 0 Å². The molecular weight excluding hydrogens is 314 g/mol. The van der Waals surface area contributed by atoms with Crippen molar-refractivity contribution in [2.75, 3.05) is 7.05 Å². The van der Waals surface area contributed by atoms with Crippen molar-refractivity contribution < 1.29 is 4.79 Å². The Kier molecular flexibility index (Phi) is 4.96. The van der Waals surface area contributed by atoms with Crippen LogP contribution < -0.4 is 0 Å². The quantitative estimate of drug-likeness (QED) is 0.830. The van der Waals surface area contributed by atoms with Crippen molar-refractivity contribution in [3.05, 3.63) is 69.7 Å². The molecule has 0 aliphatic rings. The van der Waals surface area contributed by atoms with Crippen LogP contribution in [-0.4, -0.2) is 17.9 Å². The van der Waals surface area contributed by atoms with Crippen molar-refractivity contribution in [1.82, 2.24) is 4.90 Å². The second-order valence-electron chi connectivity index (χ2n) is 5.04. The number of hydrogen-bond acceptors (Lipinski definition) is 1. The topological polar surface area (TPSA) is 20.3 Å². The smallest absolute Gasteiger partial charge is 0.227 e. The Balaban J connectivity index is 1.96. The molecule has 2 aromatic rings. The van der Waals surface area contributed by atoms with E-state index in [-0.39, 0.29) is 5.91 Å². The molecule has 0 bridgehead atoms. The molecule has 0 aliphatic carbocycles. The highest BCUT2D eigenvalue weighted by Crippen LogP contribution is 2.13. The van der Waals surface area contributed by atoms with Crippen LogP contribution in [0.2, 0.25) is 0 Å². The molecule has 0 fully saturated rings. The Bertz CT molecular complexity index is 592. The fraction of sp³-hybridized carbons (Fsp3) is 0.235. The summed E-state index contributed by atoms with van der Waals surface area (Å²) in [6.45, 7) is 2.71. The summed E-state index contributed by atoms with van der Waals surface area (Å²) in [7, 11) is 1.85. The minimum Gasteiger partial charge on any atom is -0.341 e. The van der Waals surface area contributed by atoms with E-state index in [9.17, 15) is 4.79 Å². The molecule has 0 heterocycles. The summed E-state index contributed by atoms with van der Waals surface area (Å²) in [5.41, 5.74) is 3.41. The van der Waals surface area contributed by atoms with Crippen molar-refractivity contribution >= 4 is 21.8 Å². The van der Waals surface area contributed by atoms with Crippen molar-refractivity contribution in [3.8, 4) is 0 Å². The lowest BCUT2D eigenvalue weighted by Gasteiger charge is -2.17. The SMILES string of the molecule is Cc1ccc(CN(C)C(=O)Cc2cccc(Br)c2)cc1. The van der Waals surface area contributed by atoms with Gasteiger partial charge in [0, 0.05) is 18.1 Å². The lowest BCUT2D eigenvalue weighted by atomic mass is 10.1. The van der Waals surface area contributed by atoms with Crippen LogP contribution in [-0.2, 0) is 17.8 Å². The normalized spacial score (nSPS) is 10.3. The van der Waals surface area contributed by atoms with E-state index in [1.807, 2.05) is 31.3 Å². The second kappa shape index (κ2) is 6.71. The zero-order valence-corrected chi connectivity index (χ0v) is 13.4. The molecule has 2 rings (SSSR count). The van der Waals surface area contributed by atoms with Crippen LogP contribution in [0.15, 0.2) is 53.0 Å². The summed E-state index contributed by atoms with van der Waals surface area (Å²) >= 11 is 3.42. The first kappa shape index (κ1) is 14.8. The zero-order valence-electron chi connectivity index (χ0n) is 11.8. The van der Waals surface area contributed by atoms with Gasteiger partial charge in [0.1, 0.15) is 0 Å². The number of hydrogen-bond donors (Lipinski definition) is 0. The van der Waals surface area contributed by atoms with Gasteiger partial charge in [-0.3, -0.25) is 4.79 Å². The van der Waals surface area contributed by atoms with Gasteiger partial charge in [-0.2, -0.15) is 0 Å². The fourth-order valence-electron chi connectivity index (χ4n) is 2.01. The van der Waals surface area contributed by atoms with Crippen molar-refractivity contribution in [2.45, 2.75) is 19.9 Å². The number of likely N-dealkylation sites (N-methyl/N-ethyl adjacent to an activating group) is 1. The number of aryl methyl sites for hydroxylation is 1. The zero-order chi connectivity index (χ0) is 14.5. The molecular formula is C17H18BrNO. The van der Waals surface area contributed by atoms with Gasteiger partial charge in [0.2, 0.25) is 5.91 Å². The molecule has 0 aromatic heterocycles. The highest BCUT2D eigenvalue weighted by molar-refractivity contribution is 9.10. The highest BCUT2D eigenvalue weighted by Gasteiger charge is 2.10. The molecule has 0 N–H and O–H groups in total. The molecule has 0 aliphatic heterocycles. The van der Waals surface area contributed by atoms with Crippen molar-refractivity contribution in [2.24, 2.45) is 0 Å². The lowest BCUT2D eigenvalue weighted by Crippen LogP contribution is -2.27. The molecule has 3 heteroatoms. The van der Waals surface area contributed by atoms with Gasteiger partial charge in [-0.05, 0) is 30.2 Å². The maximum atomic E-state index is 12.2. The molecule has 104 valence electrons. The first-order valence-electron chi connectivity index (χ1n) is 6.58. The van der Waals surface area contributed by atoms with Crippen LogP contribution in [0.1, 0.15) is 16.7 Å². The van der Waals surface area contributed by atoms with Gasteiger partial charge >= 0.3 is 0 Å². The maximum Gasteiger partial charge on any atom is 0.227 e. The van der Waals surface area contributed by atoms with Crippen LogP contribution in [0.5, 0.6) is 0 Å². The Morgan fingerprint density at radius 1 is 1.10 bits per heavy atom. The molecule has 2 nitrogen and oxygen atoms in total. The second-order valence-corrected chi connectivity index (χ2v) is 5.96. The van der Waals surface area contributed by atoms with E-state index in [0.29, 0.717) is 13.0 Å². The standard InChI is InChI=1S/C17H18BrNO/c1-13-6-8-14(9-7-13)12-19(2)17(20)11-15-4-3-5-16(18)10-15/h3-10H,11-12H2,1-2H3. The Hall–Kier alpha value is -1.61. The average Bonchev–Trinajstić information content (AvgIpc) is 2.41. The summed E-state index contributed by atoms with van der Waals surface area (Å²) in [4.78, 5) is 14.0. The van der Waals surface area contributed by atoms with Crippen LogP contribution >= 0.6 is 15.9 Å². The van der Waals surface area contributed by atoms with E-state index in [4.69, 9.17) is 0 Å². The number of amides is 1. The number of nitrogens with zero attached hydrogens (tertiary/aromatic N) is 1. The van der Waals surface area contributed by atoms with Crippen molar-refractivity contribution in [1.29, 1.82) is 0 Å². The number of carbonyl (C=O) groups excluding carboxylic acids is 1. The lowest BCUT2D eigenvalue weighted by molar-refractivity contribution is -0.129. The van der Waals surface area contributed by atoms with Gasteiger partial charge in [0.05, 0.1) is 6.42 Å². The third-order valence-electron chi connectivity index (χ3n) is 3.21. The Labute approximate surface area is 128 Å². The molecule has 0 saturated carbocycles. The summed E-state index contributed by atoms with van der Waals surface area (Å²) in [6.07, 6.45) is 0.432. The molecule has 2 aromatic carbocycles. The Morgan fingerprint density at radius 3 is 2.45 bits per heavy atom. The van der Waals surface area contributed by atoms with Crippen LogP contribution in [0, 0.1) is 6.92 Å². The molecule has 0 saturated heterocycles. The third kappa shape index (κ3) is 4.20.